The molecule has 0 aromatic carbocycles. The first-order chi connectivity index (χ1) is 13.1. The van der Waals surface area contributed by atoms with Crippen LogP contribution in [0.15, 0.2) is 0 Å². The standard InChI is InChI=1S/C17H16ClF3N4O3/c1-8-12(18)13-15(25(8)9(2)27)14(24-3-4-28-10(6-24)7-26)11(5-22)16(23-13)17(19,20)21/h10,26H,3-4,6-7H2,1-2H3/t10-/m0/s1. The number of morpholine rings is 1. The third kappa shape index (κ3) is 3.19. The molecule has 0 aliphatic carbocycles. The van der Waals surface area contributed by atoms with Crippen LogP contribution in [-0.4, -0.2) is 53.0 Å². The van der Waals surface area contributed by atoms with Gasteiger partial charge in [0.25, 0.3) is 0 Å². The Hall–Kier alpha value is -2.35. The summed E-state index contributed by atoms with van der Waals surface area (Å²) in [6.45, 7) is 2.74. The highest BCUT2D eigenvalue weighted by molar-refractivity contribution is 6.37. The molecule has 1 atom stereocenters. The number of anilines is 1. The van der Waals surface area contributed by atoms with Gasteiger partial charge < -0.3 is 14.7 Å². The maximum Gasteiger partial charge on any atom is 0.434 e. The predicted molar refractivity (Wildman–Crippen MR) is 94.5 cm³/mol. The molecule has 1 aliphatic rings. The van der Waals surface area contributed by atoms with Crippen molar-refractivity contribution in [3.8, 4) is 6.07 Å². The molecule has 1 N–H and O–H groups in total. The van der Waals surface area contributed by atoms with Crippen LogP contribution in [0.2, 0.25) is 5.02 Å². The topological polar surface area (TPSA) is 91.4 Å². The fourth-order valence-electron chi connectivity index (χ4n) is 3.41. The Morgan fingerprint density at radius 3 is 2.71 bits per heavy atom. The zero-order valence-electron chi connectivity index (χ0n) is 15.0. The minimum absolute atomic E-state index is 0.0399. The first-order valence-corrected chi connectivity index (χ1v) is 8.69. The molecule has 0 saturated carbocycles. The Labute approximate surface area is 162 Å². The molecule has 0 bridgehead atoms. The molecule has 0 amide bonds. The number of alkyl halides is 3. The lowest BCUT2D eigenvalue weighted by atomic mass is 10.1. The molecule has 1 fully saturated rings. The summed E-state index contributed by atoms with van der Waals surface area (Å²) in [7, 11) is 0. The van der Waals surface area contributed by atoms with Gasteiger partial charge in [0.1, 0.15) is 22.7 Å². The van der Waals surface area contributed by atoms with E-state index in [0.717, 1.165) is 4.57 Å². The second kappa shape index (κ2) is 7.24. The van der Waals surface area contributed by atoms with Crippen LogP contribution in [0.1, 0.15) is 28.7 Å². The molecular formula is C17H16ClF3N4O3. The minimum atomic E-state index is -4.90. The van der Waals surface area contributed by atoms with Gasteiger partial charge in [0.05, 0.1) is 30.0 Å². The van der Waals surface area contributed by atoms with Gasteiger partial charge in [-0.25, -0.2) is 4.98 Å². The second-order valence-electron chi connectivity index (χ2n) is 6.37. The van der Waals surface area contributed by atoms with Crippen LogP contribution in [0.5, 0.6) is 0 Å². The fraction of sp³-hybridized carbons (Fsp3) is 0.471. The van der Waals surface area contributed by atoms with Gasteiger partial charge in [0.15, 0.2) is 5.69 Å². The lowest BCUT2D eigenvalue weighted by Gasteiger charge is -2.35. The monoisotopic (exact) mass is 416 g/mol. The lowest BCUT2D eigenvalue weighted by Crippen LogP contribution is -2.44. The highest BCUT2D eigenvalue weighted by atomic mass is 35.5. The van der Waals surface area contributed by atoms with E-state index in [4.69, 9.17) is 16.3 Å². The fourth-order valence-corrected chi connectivity index (χ4v) is 3.63. The van der Waals surface area contributed by atoms with Crippen molar-refractivity contribution in [3.05, 3.63) is 22.0 Å². The van der Waals surface area contributed by atoms with E-state index in [-0.39, 0.29) is 53.7 Å². The largest absolute Gasteiger partial charge is 0.434 e. The second-order valence-corrected chi connectivity index (χ2v) is 6.74. The summed E-state index contributed by atoms with van der Waals surface area (Å²) in [6.07, 6.45) is -5.54. The van der Waals surface area contributed by atoms with Crippen molar-refractivity contribution in [1.82, 2.24) is 9.55 Å². The summed E-state index contributed by atoms with van der Waals surface area (Å²) < 4.78 is 47.4. The number of fused-ring (bicyclic) bond motifs is 1. The predicted octanol–water partition coefficient (Wildman–Crippen LogP) is 2.75. The molecule has 28 heavy (non-hydrogen) atoms. The number of ether oxygens (including phenoxy) is 1. The smallest absolute Gasteiger partial charge is 0.394 e. The van der Waals surface area contributed by atoms with Crippen molar-refractivity contribution in [3.63, 3.8) is 0 Å². The maximum atomic E-state index is 13.6. The third-order valence-corrected chi connectivity index (χ3v) is 5.04. The van der Waals surface area contributed by atoms with Crippen molar-refractivity contribution < 1.29 is 27.8 Å². The van der Waals surface area contributed by atoms with Crippen LogP contribution in [0.25, 0.3) is 11.0 Å². The normalized spacial score (nSPS) is 17.8. The average molecular weight is 417 g/mol. The number of carbonyl (C=O) groups excluding carboxylic acids is 1. The van der Waals surface area contributed by atoms with Gasteiger partial charge in [-0.2, -0.15) is 18.4 Å². The van der Waals surface area contributed by atoms with E-state index in [1.54, 1.807) is 6.07 Å². The molecule has 0 spiro atoms. The molecule has 1 saturated heterocycles. The zero-order valence-corrected chi connectivity index (χ0v) is 15.7. The van der Waals surface area contributed by atoms with Crippen LogP contribution in [0, 0.1) is 18.3 Å². The third-order valence-electron chi connectivity index (χ3n) is 4.58. The van der Waals surface area contributed by atoms with Crippen LogP contribution in [0.3, 0.4) is 0 Å². The number of rotatable bonds is 2. The van der Waals surface area contributed by atoms with Gasteiger partial charge in [-0.15, -0.1) is 0 Å². The molecule has 1 aliphatic heterocycles. The highest BCUT2D eigenvalue weighted by Crippen LogP contribution is 2.43. The molecule has 11 heteroatoms. The number of aliphatic hydroxyl groups excluding tert-OH is 1. The van der Waals surface area contributed by atoms with Crippen molar-refractivity contribution in [1.29, 1.82) is 5.26 Å². The average Bonchev–Trinajstić information content (AvgIpc) is 2.90. The quantitative estimate of drug-likeness (QED) is 0.809. The molecular weight excluding hydrogens is 401 g/mol. The first kappa shape index (κ1) is 20.4. The lowest BCUT2D eigenvalue weighted by molar-refractivity contribution is -0.141. The number of carbonyl (C=O) groups is 1. The van der Waals surface area contributed by atoms with Gasteiger partial charge in [-0.05, 0) is 6.92 Å². The van der Waals surface area contributed by atoms with Crippen LogP contribution in [-0.2, 0) is 10.9 Å². The molecule has 150 valence electrons. The van der Waals surface area contributed by atoms with Crippen molar-refractivity contribution >= 4 is 34.2 Å². The van der Waals surface area contributed by atoms with E-state index in [1.165, 1.54) is 18.7 Å². The van der Waals surface area contributed by atoms with E-state index in [2.05, 4.69) is 4.98 Å². The SMILES string of the molecule is CC(=O)n1c(C)c(Cl)c2nc(C(F)(F)F)c(C#N)c(N3CCO[C@H](CO)C3)c21. The van der Waals surface area contributed by atoms with E-state index in [0.29, 0.717) is 0 Å². The number of pyridine rings is 1. The number of hydrogen-bond donors (Lipinski definition) is 1. The number of nitrogens with zero attached hydrogens (tertiary/aromatic N) is 4. The summed E-state index contributed by atoms with van der Waals surface area (Å²) in [5.74, 6) is -0.479. The van der Waals surface area contributed by atoms with E-state index in [1.807, 2.05) is 0 Å². The Balaban J connectivity index is 2.46. The van der Waals surface area contributed by atoms with Gasteiger partial charge in [-0.3, -0.25) is 9.36 Å². The van der Waals surface area contributed by atoms with Gasteiger partial charge in [0, 0.05) is 25.7 Å². The molecule has 3 rings (SSSR count). The van der Waals surface area contributed by atoms with Crippen LogP contribution >= 0.6 is 11.6 Å². The Morgan fingerprint density at radius 2 is 2.18 bits per heavy atom. The Morgan fingerprint density at radius 1 is 1.50 bits per heavy atom. The maximum absolute atomic E-state index is 13.6. The summed E-state index contributed by atoms with van der Waals surface area (Å²) in [4.78, 5) is 17.3. The Kier molecular flexibility index (Phi) is 5.27. The number of hydrogen-bond acceptors (Lipinski definition) is 6. The number of halogens is 4. The Bertz CT molecular complexity index is 997. The first-order valence-electron chi connectivity index (χ1n) is 8.31. The summed E-state index contributed by atoms with van der Waals surface area (Å²) in [6, 6.07) is 1.59. The minimum Gasteiger partial charge on any atom is -0.394 e. The van der Waals surface area contributed by atoms with E-state index in [9.17, 15) is 28.3 Å². The van der Waals surface area contributed by atoms with Crippen molar-refractivity contribution in [2.24, 2.45) is 0 Å². The number of aromatic nitrogens is 2. The summed E-state index contributed by atoms with van der Waals surface area (Å²) in [5.41, 5.74) is -2.09. The molecule has 2 aromatic heterocycles. The summed E-state index contributed by atoms with van der Waals surface area (Å²) in [5, 5.41) is 18.8. The van der Waals surface area contributed by atoms with Gasteiger partial charge in [-0.1, -0.05) is 11.6 Å². The molecule has 2 aromatic rings. The molecule has 7 nitrogen and oxygen atoms in total. The molecule has 3 heterocycles. The van der Waals surface area contributed by atoms with E-state index < -0.39 is 29.4 Å². The molecule has 0 radical (unpaired) electrons. The summed E-state index contributed by atoms with van der Waals surface area (Å²) >= 11 is 6.21. The van der Waals surface area contributed by atoms with Gasteiger partial charge >= 0.3 is 6.18 Å². The highest BCUT2D eigenvalue weighted by Gasteiger charge is 2.40. The zero-order chi connectivity index (χ0) is 20.8. The van der Waals surface area contributed by atoms with Crippen LogP contribution < -0.4 is 4.90 Å². The van der Waals surface area contributed by atoms with E-state index >= 15 is 0 Å². The number of nitriles is 1. The number of aliphatic hydroxyl groups is 1. The van der Waals surface area contributed by atoms with Gasteiger partial charge in [0.2, 0.25) is 5.91 Å². The van der Waals surface area contributed by atoms with Crippen LogP contribution in [0.4, 0.5) is 18.9 Å². The van der Waals surface area contributed by atoms with Crippen molar-refractivity contribution in [2.45, 2.75) is 26.1 Å². The molecule has 0 unspecified atom stereocenters. The van der Waals surface area contributed by atoms with Crippen molar-refractivity contribution in [2.75, 3.05) is 31.2 Å².